The standard InChI is InChI=1S/C18H32N6O/c1-22(5-2-6-23-7-9-25-10-8-23)13-17-20-21-18(14-11-15(19)12-14)24(17)16-3-4-16/h14-16H,2-13,19H2,1H3. The molecule has 7 nitrogen and oxygen atoms in total. The van der Waals surface area contributed by atoms with E-state index in [1.807, 2.05) is 0 Å². The van der Waals surface area contributed by atoms with Crippen LogP contribution in [0.15, 0.2) is 0 Å². The van der Waals surface area contributed by atoms with Gasteiger partial charge in [0.25, 0.3) is 0 Å². The highest BCUT2D eigenvalue weighted by molar-refractivity contribution is 5.12. The fourth-order valence-electron chi connectivity index (χ4n) is 4.04. The van der Waals surface area contributed by atoms with E-state index in [0.29, 0.717) is 18.0 Å². The van der Waals surface area contributed by atoms with Crippen LogP contribution in [0.2, 0.25) is 0 Å². The Kier molecular flexibility index (Phi) is 5.36. The van der Waals surface area contributed by atoms with Crippen molar-refractivity contribution in [3.8, 4) is 0 Å². The molecule has 2 saturated carbocycles. The Labute approximate surface area is 150 Å². The number of hydrogen-bond donors (Lipinski definition) is 1. The normalized spacial score (nSPS) is 27.6. The molecule has 0 atom stereocenters. The van der Waals surface area contributed by atoms with Crippen LogP contribution in [0.4, 0.5) is 0 Å². The molecule has 7 heteroatoms. The minimum atomic E-state index is 0.362. The van der Waals surface area contributed by atoms with Crippen molar-refractivity contribution >= 4 is 0 Å². The first-order chi connectivity index (χ1) is 12.2. The average molecular weight is 348 g/mol. The Hall–Kier alpha value is -1.02. The van der Waals surface area contributed by atoms with Gasteiger partial charge in [0.2, 0.25) is 0 Å². The molecule has 0 spiro atoms. The van der Waals surface area contributed by atoms with Crippen LogP contribution in [-0.4, -0.2) is 77.0 Å². The van der Waals surface area contributed by atoms with Crippen molar-refractivity contribution in [2.45, 2.75) is 56.7 Å². The Morgan fingerprint density at radius 1 is 1.20 bits per heavy atom. The molecule has 2 heterocycles. The van der Waals surface area contributed by atoms with Gasteiger partial charge in [-0.3, -0.25) is 9.80 Å². The molecule has 2 aliphatic carbocycles. The van der Waals surface area contributed by atoms with Gasteiger partial charge < -0.3 is 15.0 Å². The van der Waals surface area contributed by atoms with Gasteiger partial charge >= 0.3 is 0 Å². The molecular formula is C18H32N6O. The molecule has 0 bridgehead atoms. The third-order valence-electron chi connectivity index (χ3n) is 5.77. The van der Waals surface area contributed by atoms with Gasteiger partial charge in [0.1, 0.15) is 11.6 Å². The fraction of sp³-hybridized carbons (Fsp3) is 0.889. The maximum atomic E-state index is 5.97. The van der Waals surface area contributed by atoms with Gasteiger partial charge in [0.05, 0.1) is 19.8 Å². The van der Waals surface area contributed by atoms with Gasteiger partial charge in [-0.2, -0.15) is 0 Å². The second-order valence-electron chi connectivity index (χ2n) is 8.05. The topological polar surface area (TPSA) is 72.4 Å². The van der Waals surface area contributed by atoms with Crippen LogP contribution in [0.5, 0.6) is 0 Å². The van der Waals surface area contributed by atoms with E-state index >= 15 is 0 Å². The second-order valence-corrected chi connectivity index (χ2v) is 8.05. The minimum Gasteiger partial charge on any atom is -0.379 e. The zero-order valence-electron chi connectivity index (χ0n) is 15.4. The van der Waals surface area contributed by atoms with Crippen LogP contribution in [0.3, 0.4) is 0 Å². The lowest BCUT2D eigenvalue weighted by Gasteiger charge is -2.32. The molecule has 2 N–H and O–H groups in total. The summed E-state index contributed by atoms with van der Waals surface area (Å²) in [5, 5.41) is 9.10. The van der Waals surface area contributed by atoms with Crippen molar-refractivity contribution < 1.29 is 4.74 Å². The summed E-state index contributed by atoms with van der Waals surface area (Å²) < 4.78 is 7.85. The van der Waals surface area contributed by atoms with Gasteiger partial charge in [0, 0.05) is 31.1 Å². The van der Waals surface area contributed by atoms with Crippen molar-refractivity contribution in [2.24, 2.45) is 5.73 Å². The van der Waals surface area contributed by atoms with Gasteiger partial charge in [-0.05, 0) is 52.2 Å². The first kappa shape index (κ1) is 17.4. The zero-order valence-corrected chi connectivity index (χ0v) is 15.4. The summed E-state index contributed by atoms with van der Waals surface area (Å²) in [6, 6.07) is 0.999. The lowest BCUT2D eigenvalue weighted by Crippen LogP contribution is -2.38. The summed E-state index contributed by atoms with van der Waals surface area (Å²) in [5.74, 6) is 2.87. The number of morpholine rings is 1. The van der Waals surface area contributed by atoms with Crippen LogP contribution in [-0.2, 0) is 11.3 Å². The Morgan fingerprint density at radius 2 is 1.96 bits per heavy atom. The first-order valence-corrected chi connectivity index (χ1v) is 9.88. The van der Waals surface area contributed by atoms with Gasteiger partial charge in [-0.1, -0.05) is 0 Å². The van der Waals surface area contributed by atoms with Crippen LogP contribution in [0, 0.1) is 0 Å². The summed E-state index contributed by atoms with van der Waals surface area (Å²) >= 11 is 0. The first-order valence-electron chi connectivity index (χ1n) is 9.88. The van der Waals surface area contributed by atoms with E-state index in [0.717, 1.165) is 64.6 Å². The van der Waals surface area contributed by atoms with E-state index in [4.69, 9.17) is 10.5 Å². The highest BCUT2D eigenvalue weighted by Gasteiger charge is 2.36. The average Bonchev–Trinajstić information content (AvgIpc) is 3.34. The molecule has 4 rings (SSSR count). The number of aromatic nitrogens is 3. The smallest absolute Gasteiger partial charge is 0.147 e. The Bertz CT molecular complexity index is 560. The van der Waals surface area contributed by atoms with E-state index in [9.17, 15) is 0 Å². The van der Waals surface area contributed by atoms with E-state index < -0.39 is 0 Å². The predicted molar refractivity (Wildman–Crippen MR) is 96.5 cm³/mol. The molecule has 3 fully saturated rings. The highest BCUT2D eigenvalue weighted by atomic mass is 16.5. The zero-order chi connectivity index (χ0) is 17.2. The molecule has 140 valence electrons. The van der Waals surface area contributed by atoms with E-state index in [-0.39, 0.29) is 0 Å². The van der Waals surface area contributed by atoms with Crippen LogP contribution >= 0.6 is 0 Å². The quantitative estimate of drug-likeness (QED) is 0.755. The number of rotatable bonds is 8. The summed E-state index contributed by atoms with van der Waals surface area (Å²) in [4.78, 5) is 4.89. The highest BCUT2D eigenvalue weighted by Crippen LogP contribution is 2.42. The van der Waals surface area contributed by atoms with Crippen LogP contribution < -0.4 is 5.73 Å². The lowest BCUT2D eigenvalue weighted by molar-refractivity contribution is 0.0363. The maximum Gasteiger partial charge on any atom is 0.147 e. The van der Waals surface area contributed by atoms with Crippen LogP contribution in [0.25, 0.3) is 0 Å². The lowest BCUT2D eigenvalue weighted by atomic mass is 9.80. The number of hydrogen-bond acceptors (Lipinski definition) is 6. The molecule has 3 aliphatic rings. The third kappa shape index (κ3) is 4.22. The Morgan fingerprint density at radius 3 is 2.64 bits per heavy atom. The van der Waals surface area contributed by atoms with Crippen molar-refractivity contribution in [1.29, 1.82) is 0 Å². The van der Waals surface area contributed by atoms with Crippen molar-refractivity contribution in [3.63, 3.8) is 0 Å². The third-order valence-corrected chi connectivity index (χ3v) is 5.77. The number of nitrogens with two attached hydrogens (primary N) is 1. The molecular weight excluding hydrogens is 316 g/mol. The molecule has 1 aliphatic heterocycles. The molecule has 0 unspecified atom stereocenters. The molecule has 0 aromatic carbocycles. The molecule has 25 heavy (non-hydrogen) atoms. The Balaban J connectivity index is 1.29. The minimum absolute atomic E-state index is 0.362. The van der Waals surface area contributed by atoms with E-state index in [2.05, 4.69) is 31.6 Å². The van der Waals surface area contributed by atoms with Crippen LogP contribution in [0.1, 0.15) is 55.7 Å². The monoisotopic (exact) mass is 348 g/mol. The van der Waals surface area contributed by atoms with Gasteiger partial charge in [-0.15, -0.1) is 10.2 Å². The SMILES string of the molecule is CN(CCCN1CCOCC1)Cc1nnc(C2CC(N)C2)n1C1CC1. The second kappa shape index (κ2) is 7.70. The predicted octanol–water partition coefficient (Wildman–Crippen LogP) is 0.972. The summed E-state index contributed by atoms with van der Waals surface area (Å²) in [7, 11) is 2.20. The van der Waals surface area contributed by atoms with Gasteiger partial charge in [-0.25, -0.2) is 0 Å². The molecule has 1 aromatic rings. The molecule has 1 saturated heterocycles. The fourth-order valence-corrected chi connectivity index (χ4v) is 4.04. The molecule has 1 aromatic heterocycles. The van der Waals surface area contributed by atoms with Crippen molar-refractivity contribution in [1.82, 2.24) is 24.6 Å². The van der Waals surface area contributed by atoms with Crippen molar-refractivity contribution in [3.05, 3.63) is 11.6 Å². The van der Waals surface area contributed by atoms with E-state index in [1.165, 1.54) is 25.1 Å². The summed E-state index contributed by atoms with van der Waals surface area (Å²) in [6.45, 7) is 7.07. The molecule has 0 amide bonds. The largest absolute Gasteiger partial charge is 0.379 e. The summed E-state index contributed by atoms with van der Waals surface area (Å²) in [6.07, 6.45) is 5.88. The number of nitrogens with zero attached hydrogens (tertiary/aromatic N) is 5. The summed E-state index contributed by atoms with van der Waals surface area (Å²) in [5.41, 5.74) is 5.97. The van der Waals surface area contributed by atoms with E-state index in [1.54, 1.807) is 0 Å². The maximum absolute atomic E-state index is 5.97. The van der Waals surface area contributed by atoms with Crippen molar-refractivity contribution in [2.75, 3.05) is 46.4 Å². The van der Waals surface area contributed by atoms with Gasteiger partial charge in [0.15, 0.2) is 0 Å². The molecule has 0 radical (unpaired) electrons. The number of ether oxygens (including phenoxy) is 1.